The maximum Gasteiger partial charge on any atom is 0.145 e. The van der Waals surface area contributed by atoms with Crippen molar-refractivity contribution in [3.63, 3.8) is 0 Å². The van der Waals surface area contributed by atoms with Gasteiger partial charge in [-0.3, -0.25) is 0 Å². The predicted octanol–water partition coefficient (Wildman–Crippen LogP) is 3.49. The van der Waals surface area contributed by atoms with Crippen molar-refractivity contribution in [2.24, 2.45) is 0 Å². The van der Waals surface area contributed by atoms with E-state index >= 15 is 0 Å². The standard InChI is InChI=1S/C12H10ClFN2/c13-11-2-1-7-15-12(11)16-8-9-3-5-10(14)6-4-9/h1-7H,8H2,(H,15,16). The maximum absolute atomic E-state index is 12.7. The van der Waals surface area contributed by atoms with E-state index in [4.69, 9.17) is 11.6 Å². The lowest BCUT2D eigenvalue weighted by molar-refractivity contribution is 0.627. The van der Waals surface area contributed by atoms with Gasteiger partial charge in [0.1, 0.15) is 11.6 Å². The molecule has 2 nitrogen and oxygen atoms in total. The van der Waals surface area contributed by atoms with Crippen LogP contribution in [0.1, 0.15) is 5.56 Å². The van der Waals surface area contributed by atoms with E-state index in [9.17, 15) is 4.39 Å². The van der Waals surface area contributed by atoms with Gasteiger partial charge in [0.15, 0.2) is 0 Å². The molecule has 0 saturated heterocycles. The first kappa shape index (κ1) is 10.9. The first-order valence-corrected chi connectivity index (χ1v) is 5.22. The second-order valence-electron chi connectivity index (χ2n) is 3.31. The van der Waals surface area contributed by atoms with E-state index in [0.717, 1.165) is 5.56 Å². The Morgan fingerprint density at radius 1 is 1.19 bits per heavy atom. The lowest BCUT2D eigenvalue weighted by Crippen LogP contribution is -2.01. The zero-order chi connectivity index (χ0) is 11.4. The molecule has 0 amide bonds. The van der Waals surface area contributed by atoms with Crippen molar-refractivity contribution in [2.75, 3.05) is 5.32 Å². The summed E-state index contributed by atoms with van der Waals surface area (Å²) >= 11 is 5.93. The predicted molar refractivity (Wildman–Crippen MR) is 63.0 cm³/mol. The highest BCUT2D eigenvalue weighted by Gasteiger charge is 1.99. The molecule has 0 aliphatic heterocycles. The number of anilines is 1. The third-order valence-electron chi connectivity index (χ3n) is 2.13. The van der Waals surface area contributed by atoms with Crippen molar-refractivity contribution in [1.29, 1.82) is 0 Å². The summed E-state index contributed by atoms with van der Waals surface area (Å²) in [5.74, 6) is 0.396. The van der Waals surface area contributed by atoms with Crippen molar-refractivity contribution in [3.8, 4) is 0 Å². The van der Waals surface area contributed by atoms with Gasteiger partial charge in [-0.2, -0.15) is 0 Å². The summed E-state index contributed by atoms with van der Waals surface area (Å²) in [6.45, 7) is 0.566. The Labute approximate surface area is 98.1 Å². The van der Waals surface area contributed by atoms with E-state index in [1.54, 1.807) is 30.5 Å². The van der Waals surface area contributed by atoms with Crippen LogP contribution < -0.4 is 5.32 Å². The summed E-state index contributed by atoms with van der Waals surface area (Å²) < 4.78 is 12.7. The molecule has 1 heterocycles. The Bertz CT molecular complexity index is 471. The molecule has 0 atom stereocenters. The van der Waals surface area contributed by atoms with Crippen LogP contribution in [0.15, 0.2) is 42.6 Å². The highest BCUT2D eigenvalue weighted by molar-refractivity contribution is 6.32. The molecule has 1 aromatic carbocycles. The van der Waals surface area contributed by atoms with Gasteiger partial charge in [-0.1, -0.05) is 23.7 Å². The van der Waals surface area contributed by atoms with Gasteiger partial charge in [-0.25, -0.2) is 9.37 Å². The van der Waals surface area contributed by atoms with Gasteiger partial charge >= 0.3 is 0 Å². The van der Waals surface area contributed by atoms with Gasteiger partial charge in [-0.05, 0) is 29.8 Å². The Morgan fingerprint density at radius 3 is 2.62 bits per heavy atom. The quantitative estimate of drug-likeness (QED) is 0.883. The topological polar surface area (TPSA) is 24.9 Å². The molecule has 0 fully saturated rings. The number of aromatic nitrogens is 1. The summed E-state index contributed by atoms with van der Waals surface area (Å²) in [7, 11) is 0. The molecule has 0 aliphatic carbocycles. The van der Waals surface area contributed by atoms with Crippen molar-refractivity contribution in [2.45, 2.75) is 6.54 Å². The van der Waals surface area contributed by atoms with Crippen LogP contribution in [0.2, 0.25) is 5.02 Å². The van der Waals surface area contributed by atoms with Crippen LogP contribution in [-0.2, 0) is 6.54 Å². The second kappa shape index (κ2) is 4.94. The number of pyridine rings is 1. The lowest BCUT2D eigenvalue weighted by atomic mass is 10.2. The molecular weight excluding hydrogens is 227 g/mol. The minimum Gasteiger partial charge on any atom is -0.365 e. The van der Waals surface area contributed by atoms with Crippen LogP contribution in [-0.4, -0.2) is 4.98 Å². The van der Waals surface area contributed by atoms with Gasteiger partial charge in [-0.15, -0.1) is 0 Å². The second-order valence-corrected chi connectivity index (χ2v) is 3.72. The Balaban J connectivity index is 2.02. The van der Waals surface area contributed by atoms with Gasteiger partial charge in [0.2, 0.25) is 0 Å². The first-order chi connectivity index (χ1) is 7.75. The molecule has 0 radical (unpaired) electrons. The molecule has 0 spiro atoms. The first-order valence-electron chi connectivity index (χ1n) is 4.84. The number of nitrogens with one attached hydrogen (secondary N) is 1. The average Bonchev–Trinajstić information content (AvgIpc) is 2.30. The summed E-state index contributed by atoms with van der Waals surface area (Å²) in [6.07, 6.45) is 1.67. The molecule has 0 unspecified atom stereocenters. The van der Waals surface area contributed by atoms with E-state index < -0.39 is 0 Å². The normalized spacial score (nSPS) is 10.1. The highest BCUT2D eigenvalue weighted by atomic mass is 35.5. The van der Waals surface area contributed by atoms with Gasteiger partial charge in [0.05, 0.1) is 5.02 Å². The molecule has 0 bridgehead atoms. The molecule has 2 rings (SSSR count). The van der Waals surface area contributed by atoms with E-state index in [0.29, 0.717) is 17.4 Å². The number of hydrogen-bond acceptors (Lipinski definition) is 2. The lowest BCUT2D eigenvalue weighted by Gasteiger charge is -2.06. The molecular formula is C12H10ClFN2. The third-order valence-corrected chi connectivity index (χ3v) is 2.44. The monoisotopic (exact) mass is 236 g/mol. The Morgan fingerprint density at radius 2 is 1.94 bits per heavy atom. The zero-order valence-electron chi connectivity index (χ0n) is 8.45. The van der Waals surface area contributed by atoms with Crippen LogP contribution in [0, 0.1) is 5.82 Å². The van der Waals surface area contributed by atoms with Crippen LogP contribution in [0.4, 0.5) is 10.2 Å². The van der Waals surface area contributed by atoms with Crippen molar-refractivity contribution in [3.05, 3.63) is 59.0 Å². The summed E-state index contributed by atoms with van der Waals surface area (Å²) in [5, 5.41) is 3.66. The number of hydrogen-bond donors (Lipinski definition) is 1. The van der Waals surface area contributed by atoms with E-state index in [-0.39, 0.29) is 5.82 Å². The summed E-state index contributed by atoms with van der Waals surface area (Å²) in [6, 6.07) is 9.83. The highest BCUT2D eigenvalue weighted by Crippen LogP contribution is 2.18. The number of benzene rings is 1. The van der Waals surface area contributed by atoms with Gasteiger partial charge < -0.3 is 5.32 Å². The average molecular weight is 237 g/mol. The van der Waals surface area contributed by atoms with Crippen molar-refractivity contribution >= 4 is 17.4 Å². The third kappa shape index (κ3) is 2.70. The SMILES string of the molecule is Fc1ccc(CNc2ncccc2Cl)cc1. The molecule has 1 N–H and O–H groups in total. The largest absolute Gasteiger partial charge is 0.365 e. The minimum atomic E-state index is -0.236. The van der Waals surface area contributed by atoms with Crippen molar-refractivity contribution < 1.29 is 4.39 Å². The maximum atomic E-state index is 12.7. The van der Waals surface area contributed by atoms with Crippen LogP contribution in [0.25, 0.3) is 0 Å². The van der Waals surface area contributed by atoms with Crippen molar-refractivity contribution in [1.82, 2.24) is 4.98 Å². The van der Waals surface area contributed by atoms with E-state index in [2.05, 4.69) is 10.3 Å². The Hall–Kier alpha value is -1.61. The Kier molecular flexibility index (Phi) is 3.37. The number of halogens is 2. The fraction of sp³-hybridized carbons (Fsp3) is 0.0833. The smallest absolute Gasteiger partial charge is 0.145 e. The number of rotatable bonds is 3. The van der Waals surface area contributed by atoms with Crippen LogP contribution in [0.5, 0.6) is 0 Å². The molecule has 1 aromatic heterocycles. The fourth-order valence-corrected chi connectivity index (χ4v) is 1.49. The zero-order valence-corrected chi connectivity index (χ0v) is 9.21. The molecule has 0 saturated carbocycles. The van der Waals surface area contributed by atoms with Gasteiger partial charge in [0.25, 0.3) is 0 Å². The van der Waals surface area contributed by atoms with Crippen LogP contribution >= 0.6 is 11.6 Å². The number of nitrogens with zero attached hydrogens (tertiary/aromatic N) is 1. The van der Waals surface area contributed by atoms with Gasteiger partial charge in [0, 0.05) is 12.7 Å². The minimum absolute atomic E-state index is 0.236. The molecule has 0 aliphatic rings. The van der Waals surface area contributed by atoms with E-state index in [1.165, 1.54) is 12.1 Å². The molecule has 16 heavy (non-hydrogen) atoms. The fourth-order valence-electron chi connectivity index (χ4n) is 1.30. The van der Waals surface area contributed by atoms with Crippen LogP contribution in [0.3, 0.4) is 0 Å². The molecule has 82 valence electrons. The summed E-state index contributed by atoms with van der Waals surface area (Å²) in [4.78, 5) is 4.09. The van der Waals surface area contributed by atoms with E-state index in [1.807, 2.05) is 0 Å². The molecule has 2 aromatic rings. The summed E-state index contributed by atoms with van der Waals surface area (Å²) in [5.41, 5.74) is 0.975. The molecule has 4 heteroatoms.